The highest BCUT2D eigenvalue weighted by Crippen LogP contribution is 2.31. The smallest absolute Gasteiger partial charge is 0.124 e. The third-order valence-corrected chi connectivity index (χ3v) is 5.54. The molecule has 2 aromatic carbocycles. The van der Waals surface area contributed by atoms with Crippen molar-refractivity contribution in [2.45, 2.75) is 65.3 Å². The van der Waals surface area contributed by atoms with Gasteiger partial charge in [0.05, 0.1) is 0 Å². The van der Waals surface area contributed by atoms with Gasteiger partial charge in [0, 0.05) is 18.7 Å². The Balaban J connectivity index is 1.86. The zero-order chi connectivity index (χ0) is 20.4. The molecule has 0 fully saturated rings. The van der Waals surface area contributed by atoms with E-state index in [4.69, 9.17) is 0 Å². The number of benzene rings is 2. The molecular formula is C25H37NO2. The Hall–Kier alpha value is -2.00. The Morgan fingerprint density at radius 1 is 0.893 bits per heavy atom. The minimum atomic E-state index is 0.209. The van der Waals surface area contributed by atoms with E-state index in [0.717, 1.165) is 31.4 Å². The van der Waals surface area contributed by atoms with Crippen LogP contribution in [0.15, 0.2) is 42.5 Å². The van der Waals surface area contributed by atoms with E-state index >= 15 is 0 Å². The number of hydrogen-bond acceptors (Lipinski definition) is 3. The summed E-state index contributed by atoms with van der Waals surface area (Å²) in [4.78, 5) is 2.14. The van der Waals surface area contributed by atoms with Crippen molar-refractivity contribution in [2.75, 3.05) is 13.6 Å². The maximum Gasteiger partial charge on any atom is 0.124 e. The molecule has 2 rings (SSSR count). The molecule has 1 atom stereocenters. The van der Waals surface area contributed by atoms with Crippen molar-refractivity contribution < 1.29 is 10.2 Å². The van der Waals surface area contributed by atoms with Crippen molar-refractivity contribution in [3.8, 4) is 11.5 Å². The lowest BCUT2D eigenvalue weighted by Crippen LogP contribution is -2.21. The van der Waals surface area contributed by atoms with Gasteiger partial charge >= 0.3 is 0 Å². The largest absolute Gasteiger partial charge is 0.507 e. The van der Waals surface area contributed by atoms with Gasteiger partial charge in [-0.3, -0.25) is 0 Å². The van der Waals surface area contributed by atoms with Gasteiger partial charge in [0.1, 0.15) is 11.5 Å². The molecule has 154 valence electrons. The average molecular weight is 384 g/mol. The zero-order valence-electron chi connectivity index (χ0n) is 17.8. The molecule has 0 heterocycles. The maximum absolute atomic E-state index is 10.5. The van der Waals surface area contributed by atoms with Gasteiger partial charge in [0.2, 0.25) is 0 Å². The SMILES string of the molecule is CCCCCC(C)CCc1cc(O)c(CN(C)CCc2ccccc2)c(O)c1. The van der Waals surface area contributed by atoms with E-state index in [1.165, 1.54) is 31.2 Å². The summed E-state index contributed by atoms with van der Waals surface area (Å²) in [5.74, 6) is 1.10. The van der Waals surface area contributed by atoms with E-state index in [-0.39, 0.29) is 11.5 Å². The van der Waals surface area contributed by atoms with E-state index in [1.54, 1.807) is 0 Å². The van der Waals surface area contributed by atoms with E-state index in [9.17, 15) is 10.2 Å². The molecule has 0 aliphatic heterocycles. The van der Waals surface area contributed by atoms with E-state index in [2.05, 4.69) is 43.0 Å². The monoisotopic (exact) mass is 383 g/mol. The first-order chi connectivity index (χ1) is 13.5. The van der Waals surface area contributed by atoms with E-state index < -0.39 is 0 Å². The molecule has 0 aromatic heterocycles. The van der Waals surface area contributed by atoms with Crippen LogP contribution >= 0.6 is 0 Å². The zero-order valence-corrected chi connectivity index (χ0v) is 17.8. The number of likely N-dealkylation sites (N-methyl/N-ethyl adjacent to an activating group) is 1. The first-order valence-corrected chi connectivity index (χ1v) is 10.8. The number of unbranched alkanes of at least 4 members (excludes halogenated alkanes) is 2. The lowest BCUT2D eigenvalue weighted by atomic mass is 9.95. The third kappa shape index (κ3) is 7.55. The van der Waals surface area contributed by atoms with Crippen LogP contribution in [0.1, 0.15) is 62.6 Å². The summed E-state index contributed by atoms with van der Waals surface area (Å²) >= 11 is 0. The van der Waals surface area contributed by atoms with Crippen LogP contribution in [0.5, 0.6) is 11.5 Å². The minimum absolute atomic E-state index is 0.209. The van der Waals surface area contributed by atoms with Gasteiger partial charge in [0.15, 0.2) is 0 Å². The fraction of sp³-hybridized carbons (Fsp3) is 0.520. The molecule has 2 aromatic rings. The predicted molar refractivity (Wildman–Crippen MR) is 118 cm³/mol. The summed E-state index contributed by atoms with van der Waals surface area (Å²) in [6.45, 7) is 5.94. The van der Waals surface area contributed by atoms with Gasteiger partial charge in [-0.25, -0.2) is 0 Å². The molecule has 2 N–H and O–H groups in total. The van der Waals surface area contributed by atoms with Gasteiger partial charge in [-0.2, -0.15) is 0 Å². The number of phenols is 2. The van der Waals surface area contributed by atoms with Crippen LogP contribution < -0.4 is 0 Å². The van der Waals surface area contributed by atoms with Gasteiger partial charge in [-0.1, -0.05) is 69.9 Å². The van der Waals surface area contributed by atoms with Crippen LogP contribution in [0.3, 0.4) is 0 Å². The van der Waals surface area contributed by atoms with Crippen LogP contribution in [0, 0.1) is 5.92 Å². The minimum Gasteiger partial charge on any atom is -0.507 e. The number of aromatic hydroxyl groups is 2. The first-order valence-electron chi connectivity index (χ1n) is 10.8. The van der Waals surface area contributed by atoms with Crippen molar-refractivity contribution in [3.63, 3.8) is 0 Å². The molecule has 0 saturated carbocycles. The Labute approximate surface area is 171 Å². The first kappa shape index (κ1) is 22.3. The molecule has 0 bridgehead atoms. The third-order valence-electron chi connectivity index (χ3n) is 5.54. The maximum atomic E-state index is 10.5. The molecule has 0 aliphatic carbocycles. The fourth-order valence-electron chi connectivity index (χ4n) is 3.62. The molecular weight excluding hydrogens is 346 g/mol. The Morgan fingerprint density at radius 2 is 1.57 bits per heavy atom. The molecule has 0 aliphatic rings. The molecule has 0 saturated heterocycles. The normalized spacial score (nSPS) is 12.4. The average Bonchev–Trinajstić information content (AvgIpc) is 2.68. The summed E-state index contributed by atoms with van der Waals surface area (Å²) in [7, 11) is 2.02. The highest BCUT2D eigenvalue weighted by molar-refractivity contribution is 5.46. The Bertz CT molecular complexity index is 676. The molecule has 28 heavy (non-hydrogen) atoms. The molecule has 1 unspecified atom stereocenters. The van der Waals surface area contributed by atoms with E-state index in [0.29, 0.717) is 18.0 Å². The number of hydrogen-bond donors (Lipinski definition) is 2. The molecule has 3 heteroatoms. The second-order valence-corrected chi connectivity index (χ2v) is 8.23. The Morgan fingerprint density at radius 3 is 2.21 bits per heavy atom. The number of phenolic OH excluding ortho intramolecular Hbond substituents is 2. The standard InChI is InChI=1S/C25H37NO2/c1-4-5-7-10-20(2)13-14-22-17-24(27)23(25(28)18-22)19-26(3)16-15-21-11-8-6-9-12-21/h6,8-9,11-12,17-18,20,27-28H,4-5,7,10,13-16,19H2,1-3H3. The highest BCUT2D eigenvalue weighted by atomic mass is 16.3. The van der Waals surface area contributed by atoms with Crippen LogP contribution in [-0.4, -0.2) is 28.7 Å². The molecule has 0 spiro atoms. The van der Waals surface area contributed by atoms with Crippen LogP contribution in [0.4, 0.5) is 0 Å². The quantitative estimate of drug-likeness (QED) is 0.447. The highest BCUT2D eigenvalue weighted by Gasteiger charge is 2.13. The summed E-state index contributed by atoms with van der Waals surface area (Å²) in [6.07, 6.45) is 8.07. The number of nitrogens with zero attached hydrogens (tertiary/aromatic N) is 1. The van der Waals surface area contributed by atoms with Crippen LogP contribution in [-0.2, 0) is 19.4 Å². The fourth-order valence-corrected chi connectivity index (χ4v) is 3.62. The summed E-state index contributed by atoms with van der Waals surface area (Å²) < 4.78 is 0. The molecule has 3 nitrogen and oxygen atoms in total. The number of aryl methyl sites for hydroxylation is 1. The lowest BCUT2D eigenvalue weighted by Gasteiger charge is -2.19. The topological polar surface area (TPSA) is 43.7 Å². The van der Waals surface area contributed by atoms with Gasteiger partial charge in [-0.05, 0) is 55.5 Å². The van der Waals surface area contributed by atoms with Gasteiger partial charge < -0.3 is 15.1 Å². The summed E-state index contributed by atoms with van der Waals surface area (Å²) in [5, 5.41) is 20.9. The van der Waals surface area contributed by atoms with Crippen molar-refractivity contribution in [1.29, 1.82) is 0 Å². The summed E-state index contributed by atoms with van der Waals surface area (Å²) in [5.41, 5.74) is 2.94. The van der Waals surface area contributed by atoms with Crippen molar-refractivity contribution >= 4 is 0 Å². The van der Waals surface area contributed by atoms with Gasteiger partial charge in [-0.15, -0.1) is 0 Å². The Kier molecular flexibility index (Phi) is 9.36. The molecule has 0 amide bonds. The molecule has 0 radical (unpaired) electrons. The van der Waals surface area contributed by atoms with Crippen molar-refractivity contribution in [2.24, 2.45) is 5.92 Å². The van der Waals surface area contributed by atoms with Crippen LogP contribution in [0.25, 0.3) is 0 Å². The van der Waals surface area contributed by atoms with Gasteiger partial charge in [0.25, 0.3) is 0 Å². The van der Waals surface area contributed by atoms with Crippen molar-refractivity contribution in [1.82, 2.24) is 4.90 Å². The second-order valence-electron chi connectivity index (χ2n) is 8.23. The van der Waals surface area contributed by atoms with E-state index in [1.807, 2.05) is 25.2 Å². The number of rotatable bonds is 12. The van der Waals surface area contributed by atoms with Crippen LogP contribution in [0.2, 0.25) is 0 Å². The predicted octanol–water partition coefficient (Wildman–Crippen LogP) is 5.92. The van der Waals surface area contributed by atoms with Crippen molar-refractivity contribution in [3.05, 3.63) is 59.2 Å². The lowest BCUT2D eigenvalue weighted by molar-refractivity contribution is 0.316. The summed E-state index contributed by atoms with van der Waals surface area (Å²) in [6, 6.07) is 14.0. The second kappa shape index (κ2) is 11.8.